The Bertz CT molecular complexity index is 88.3. The smallest absolute Gasteiger partial charge is 0.315 e. The van der Waals surface area contributed by atoms with Crippen molar-refractivity contribution in [1.29, 1.82) is 0 Å². The van der Waals surface area contributed by atoms with Crippen LogP contribution in [0.2, 0.25) is 0 Å². The van der Waals surface area contributed by atoms with Crippen LogP contribution < -0.4 is 5.32 Å². The Labute approximate surface area is 69.5 Å². The van der Waals surface area contributed by atoms with E-state index in [1.807, 2.05) is 6.92 Å². The molecule has 0 amide bonds. The standard InChI is InChI=1S/C5H10F3NO.ClH/c1-2-9-3-4-10-5(6,7)8;/h9H,2-4H2,1H3;1H. The van der Waals surface area contributed by atoms with Crippen molar-refractivity contribution >= 4 is 12.4 Å². The molecule has 0 spiro atoms. The summed E-state index contributed by atoms with van der Waals surface area (Å²) in [5.74, 6) is 0. The average Bonchev–Trinajstić information content (AvgIpc) is 1.78. The molecule has 0 saturated heterocycles. The van der Waals surface area contributed by atoms with Crippen LogP contribution in [0.15, 0.2) is 0 Å². The first-order chi connectivity index (χ1) is 4.56. The van der Waals surface area contributed by atoms with Crippen LogP contribution in [0.25, 0.3) is 0 Å². The third-order valence-electron chi connectivity index (χ3n) is 0.795. The fourth-order valence-corrected chi connectivity index (χ4v) is 0.416. The Kier molecular flexibility index (Phi) is 8.26. The molecule has 0 rings (SSSR count). The van der Waals surface area contributed by atoms with Crippen LogP contribution in [0.5, 0.6) is 0 Å². The summed E-state index contributed by atoms with van der Waals surface area (Å²) in [4.78, 5) is 0. The van der Waals surface area contributed by atoms with Crippen molar-refractivity contribution in [2.24, 2.45) is 0 Å². The topological polar surface area (TPSA) is 21.3 Å². The number of halogens is 4. The number of likely N-dealkylation sites (N-methyl/N-ethyl adjacent to an activating group) is 1. The maximum atomic E-state index is 11.2. The van der Waals surface area contributed by atoms with E-state index in [9.17, 15) is 13.2 Å². The Morgan fingerprint density at radius 3 is 2.27 bits per heavy atom. The predicted molar refractivity (Wildman–Crippen MR) is 37.8 cm³/mol. The van der Waals surface area contributed by atoms with Crippen molar-refractivity contribution in [2.75, 3.05) is 19.7 Å². The second kappa shape index (κ2) is 6.69. The van der Waals surface area contributed by atoms with Crippen molar-refractivity contribution in [3.63, 3.8) is 0 Å². The van der Waals surface area contributed by atoms with Gasteiger partial charge >= 0.3 is 6.36 Å². The second-order valence-corrected chi connectivity index (χ2v) is 1.65. The molecule has 0 unspecified atom stereocenters. The number of rotatable bonds is 4. The van der Waals surface area contributed by atoms with Gasteiger partial charge in [-0.1, -0.05) is 6.92 Å². The molecule has 0 aliphatic heterocycles. The molecule has 0 aromatic rings. The van der Waals surface area contributed by atoms with Crippen LogP contribution in [0.1, 0.15) is 6.92 Å². The van der Waals surface area contributed by atoms with Gasteiger partial charge in [-0.2, -0.15) is 0 Å². The highest BCUT2D eigenvalue weighted by molar-refractivity contribution is 5.85. The first-order valence-corrected chi connectivity index (χ1v) is 2.97. The highest BCUT2D eigenvalue weighted by Crippen LogP contribution is 2.14. The van der Waals surface area contributed by atoms with Crippen LogP contribution >= 0.6 is 12.4 Å². The summed E-state index contributed by atoms with van der Waals surface area (Å²) in [6.07, 6.45) is -4.49. The van der Waals surface area contributed by atoms with E-state index in [2.05, 4.69) is 10.1 Å². The lowest BCUT2D eigenvalue weighted by molar-refractivity contribution is -0.323. The van der Waals surface area contributed by atoms with Crippen molar-refractivity contribution in [3.8, 4) is 0 Å². The molecule has 0 saturated carbocycles. The van der Waals surface area contributed by atoms with Gasteiger partial charge in [-0.3, -0.25) is 4.74 Å². The van der Waals surface area contributed by atoms with E-state index in [-0.39, 0.29) is 25.6 Å². The molecule has 70 valence electrons. The van der Waals surface area contributed by atoms with Gasteiger partial charge in [0.1, 0.15) is 0 Å². The first-order valence-electron chi connectivity index (χ1n) is 2.97. The quantitative estimate of drug-likeness (QED) is 0.685. The molecule has 0 heterocycles. The van der Waals surface area contributed by atoms with Crippen LogP contribution in [-0.4, -0.2) is 26.1 Å². The third-order valence-corrected chi connectivity index (χ3v) is 0.795. The Morgan fingerprint density at radius 2 is 1.91 bits per heavy atom. The third kappa shape index (κ3) is 13.1. The van der Waals surface area contributed by atoms with E-state index >= 15 is 0 Å². The molecule has 0 aromatic carbocycles. The largest absolute Gasteiger partial charge is 0.522 e. The van der Waals surface area contributed by atoms with Gasteiger partial charge in [0, 0.05) is 6.54 Å². The Balaban J connectivity index is 0. The van der Waals surface area contributed by atoms with Crippen LogP contribution in [-0.2, 0) is 4.74 Å². The van der Waals surface area contributed by atoms with Crippen molar-refractivity contribution in [1.82, 2.24) is 5.32 Å². The molecular formula is C5H11ClF3NO. The number of hydrogen-bond donors (Lipinski definition) is 1. The normalized spacial score (nSPS) is 10.9. The molecule has 0 bridgehead atoms. The monoisotopic (exact) mass is 193 g/mol. The molecule has 6 heteroatoms. The number of alkyl halides is 3. The highest BCUT2D eigenvalue weighted by Gasteiger charge is 2.28. The van der Waals surface area contributed by atoms with E-state index in [1.54, 1.807) is 0 Å². The Morgan fingerprint density at radius 1 is 1.36 bits per heavy atom. The number of hydrogen-bond acceptors (Lipinski definition) is 2. The SMILES string of the molecule is CCNCCOC(F)(F)F.Cl. The van der Waals surface area contributed by atoms with Gasteiger partial charge in [0.05, 0.1) is 6.61 Å². The summed E-state index contributed by atoms with van der Waals surface area (Å²) in [5.41, 5.74) is 0. The van der Waals surface area contributed by atoms with Gasteiger partial charge in [-0.25, -0.2) is 0 Å². The molecule has 0 atom stereocenters. The molecule has 0 aliphatic rings. The molecular weight excluding hydrogens is 183 g/mol. The second-order valence-electron chi connectivity index (χ2n) is 1.65. The molecule has 11 heavy (non-hydrogen) atoms. The molecule has 0 fully saturated rings. The summed E-state index contributed by atoms with van der Waals surface area (Å²) in [6, 6.07) is 0. The lowest BCUT2D eigenvalue weighted by Crippen LogP contribution is -2.23. The zero-order valence-corrected chi connectivity index (χ0v) is 6.89. The van der Waals surface area contributed by atoms with E-state index in [1.165, 1.54) is 0 Å². The van der Waals surface area contributed by atoms with Crippen molar-refractivity contribution < 1.29 is 17.9 Å². The van der Waals surface area contributed by atoms with Gasteiger partial charge in [0.2, 0.25) is 0 Å². The van der Waals surface area contributed by atoms with Crippen LogP contribution in [0, 0.1) is 0 Å². The molecule has 0 aromatic heterocycles. The zero-order chi connectivity index (χ0) is 8.04. The van der Waals surface area contributed by atoms with Gasteiger partial charge in [0.25, 0.3) is 0 Å². The van der Waals surface area contributed by atoms with Gasteiger partial charge in [0.15, 0.2) is 0 Å². The zero-order valence-electron chi connectivity index (χ0n) is 6.07. The molecule has 2 nitrogen and oxygen atoms in total. The number of ether oxygens (including phenoxy) is 1. The number of nitrogens with one attached hydrogen (secondary N) is 1. The van der Waals surface area contributed by atoms with E-state index in [0.29, 0.717) is 6.54 Å². The predicted octanol–water partition coefficient (Wildman–Crippen LogP) is 1.55. The van der Waals surface area contributed by atoms with Gasteiger partial charge < -0.3 is 5.32 Å². The van der Waals surface area contributed by atoms with Gasteiger partial charge in [-0.15, -0.1) is 25.6 Å². The first kappa shape index (κ1) is 13.6. The summed E-state index contributed by atoms with van der Waals surface area (Å²) in [5, 5.41) is 2.70. The van der Waals surface area contributed by atoms with Crippen LogP contribution in [0.3, 0.4) is 0 Å². The lowest BCUT2D eigenvalue weighted by atomic mass is 10.6. The summed E-state index contributed by atoms with van der Waals surface area (Å²) in [6.45, 7) is 2.38. The van der Waals surface area contributed by atoms with Crippen molar-refractivity contribution in [3.05, 3.63) is 0 Å². The maximum Gasteiger partial charge on any atom is 0.522 e. The maximum absolute atomic E-state index is 11.2. The lowest BCUT2D eigenvalue weighted by Gasteiger charge is -2.06. The molecule has 1 N–H and O–H groups in total. The van der Waals surface area contributed by atoms with Crippen LogP contribution in [0.4, 0.5) is 13.2 Å². The minimum atomic E-state index is -4.49. The average molecular weight is 194 g/mol. The van der Waals surface area contributed by atoms with E-state index in [4.69, 9.17) is 0 Å². The summed E-state index contributed by atoms with van der Waals surface area (Å²) >= 11 is 0. The summed E-state index contributed by atoms with van der Waals surface area (Å²) < 4.78 is 37.2. The summed E-state index contributed by atoms with van der Waals surface area (Å²) in [7, 11) is 0. The fraction of sp³-hybridized carbons (Fsp3) is 1.00. The van der Waals surface area contributed by atoms with E-state index in [0.717, 1.165) is 0 Å². The minimum Gasteiger partial charge on any atom is -0.315 e. The van der Waals surface area contributed by atoms with E-state index < -0.39 is 6.36 Å². The van der Waals surface area contributed by atoms with Crippen molar-refractivity contribution in [2.45, 2.75) is 13.3 Å². The fourth-order valence-electron chi connectivity index (χ4n) is 0.416. The Hall–Kier alpha value is -0.0000000000000000555. The van der Waals surface area contributed by atoms with Gasteiger partial charge in [-0.05, 0) is 6.54 Å². The highest BCUT2D eigenvalue weighted by atomic mass is 35.5. The molecule has 0 radical (unpaired) electrons. The minimum absolute atomic E-state index is 0. The molecule has 0 aliphatic carbocycles.